The van der Waals surface area contributed by atoms with Gasteiger partial charge in [-0.1, -0.05) is 29.8 Å². The molecule has 1 aliphatic rings. The van der Waals surface area contributed by atoms with Gasteiger partial charge in [0.05, 0.1) is 18.1 Å². The second-order valence-electron chi connectivity index (χ2n) is 6.17. The van der Waals surface area contributed by atoms with Gasteiger partial charge in [0.25, 0.3) is 5.56 Å². The number of aromatic nitrogens is 1. The number of halogens is 1. The van der Waals surface area contributed by atoms with Crippen molar-refractivity contribution in [3.8, 4) is 5.75 Å². The van der Waals surface area contributed by atoms with Gasteiger partial charge in [0.2, 0.25) is 5.88 Å². The van der Waals surface area contributed by atoms with E-state index in [-0.39, 0.29) is 23.6 Å². The molecule has 2 aromatic rings. The number of carbonyl (C=O) groups is 1. The first kappa shape index (κ1) is 19.0. The summed E-state index contributed by atoms with van der Waals surface area (Å²) in [4.78, 5) is 25.9. The fourth-order valence-corrected chi connectivity index (χ4v) is 3.65. The van der Waals surface area contributed by atoms with Crippen LogP contribution in [0.1, 0.15) is 36.6 Å². The van der Waals surface area contributed by atoms with Gasteiger partial charge < -0.3 is 19.8 Å². The van der Waals surface area contributed by atoms with E-state index < -0.39 is 11.9 Å². The van der Waals surface area contributed by atoms with Crippen molar-refractivity contribution in [1.29, 1.82) is 0 Å². The van der Waals surface area contributed by atoms with Crippen molar-refractivity contribution >= 4 is 17.6 Å². The van der Waals surface area contributed by atoms with E-state index in [9.17, 15) is 9.59 Å². The highest BCUT2D eigenvalue weighted by atomic mass is 35.5. The molecule has 1 aromatic heterocycles. The fourth-order valence-electron chi connectivity index (χ4n) is 3.41. The number of hydrogen-bond acceptors (Lipinski definition) is 5. The Kier molecular flexibility index (Phi) is 5.28. The van der Waals surface area contributed by atoms with Gasteiger partial charge in [-0.2, -0.15) is 0 Å². The van der Waals surface area contributed by atoms with Crippen LogP contribution < -0.4 is 16.0 Å². The average molecular weight is 389 g/mol. The Morgan fingerprint density at radius 3 is 2.67 bits per heavy atom. The van der Waals surface area contributed by atoms with Crippen molar-refractivity contribution in [1.82, 2.24) is 4.57 Å². The van der Waals surface area contributed by atoms with Gasteiger partial charge in [-0.15, -0.1) is 0 Å². The van der Waals surface area contributed by atoms with Crippen molar-refractivity contribution < 1.29 is 14.3 Å². The highest BCUT2D eigenvalue weighted by Crippen LogP contribution is 2.43. The van der Waals surface area contributed by atoms with Gasteiger partial charge in [-0.05, 0) is 32.4 Å². The molecule has 2 heterocycles. The molecule has 3 rings (SSSR count). The summed E-state index contributed by atoms with van der Waals surface area (Å²) in [5.41, 5.74) is 7.58. The molecular formula is C20H21ClN2O4. The molecule has 0 saturated heterocycles. The molecule has 1 aliphatic heterocycles. The lowest BCUT2D eigenvalue weighted by atomic mass is 9.83. The summed E-state index contributed by atoms with van der Waals surface area (Å²) < 4.78 is 12.5. The van der Waals surface area contributed by atoms with E-state index in [1.54, 1.807) is 41.8 Å². The first-order valence-corrected chi connectivity index (χ1v) is 9.11. The van der Waals surface area contributed by atoms with E-state index in [1.807, 2.05) is 13.8 Å². The minimum atomic E-state index is -0.771. The molecule has 0 saturated carbocycles. The van der Waals surface area contributed by atoms with Crippen LogP contribution in [0.5, 0.6) is 5.75 Å². The maximum absolute atomic E-state index is 13.2. The summed E-state index contributed by atoms with van der Waals surface area (Å²) in [6, 6.07) is 8.80. The van der Waals surface area contributed by atoms with Crippen molar-refractivity contribution in [2.45, 2.75) is 33.2 Å². The van der Waals surface area contributed by atoms with Gasteiger partial charge in [0.1, 0.15) is 11.3 Å². The summed E-state index contributed by atoms with van der Waals surface area (Å²) in [5, 5.41) is 0.424. The Balaban J connectivity index is 2.35. The third kappa shape index (κ3) is 3.21. The van der Waals surface area contributed by atoms with Crippen LogP contribution >= 0.6 is 11.6 Å². The van der Waals surface area contributed by atoms with Crippen LogP contribution in [-0.4, -0.2) is 17.1 Å². The lowest BCUT2D eigenvalue weighted by Crippen LogP contribution is -2.35. The number of benzene rings is 1. The quantitative estimate of drug-likeness (QED) is 0.814. The molecular weight excluding hydrogens is 368 g/mol. The summed E-state index contributed by atoms with van der Waals surface area (Å²) in [5.74, 6) is -1.16. The first-order valence-electron chi connectivity index (χ1n) is 8.74. The SMILES string of the molecule is CCOC(=O)C1=C(N)Oc2cc(C)n(CC)c(=O)c2[C@@H]1c1ccccc1Cl. The number of pyridine rings is 1. The van der Waals surface area contributed by atoms with Gasteiger partial charge in [-0.3, -0.25) is 4.79 Å². The summed E-state index contributed by atoms with van der Waals surface area (Å²) >= 11 is 6.41. The predicted molar refractivity (Wildman–Crippen MR) is 103 cm³/mol. The number of nitrogens with two attached hydrogens (primary N) is 1. The molecule has 7 heteroatoms. The predicted octanol–water partition coefficient (Wildman–Crippen LogP) is 3.09. The Labute approximate surface area is 162 Å². The number of fused-ring (bicyclic) bond motifs is 1. The second kappa shape index (κ2) is 7.48. The van der Waals surface area contributed by atoms with Crippen LogP contribution in [0.3, 0.4) is 0 Å². The van der Waals surface area contributed by atoms with E-state index in [1.165, 1.54) is 0 Å². The molecule has 1 atom stereocenters. The highest BCUT2D eigenvalue weighted by molar-refractivity contribution is 6.31. The van der Waals surface area contributed by atoms with E-state index in [0.717, 1.165) is 5.69 Å². The molecule has 27 heavy (non-hydrogen) atoms. The number of hydrogen-bond donors (Lipinski definition) is 1. The number of ether oxygens (including phenoxy) is 2. The second-order valence-corrected chi connectivity index (χ2v) is 6.58. The maximum atomic E-state index is 13.2. The molecule has 0 unspecified atom stereocenters. The number of carbonyl (C=O) groups excluding carboxylic acids is 1. The van der Waals surface area contributed by atoms with Gasteiger partial charge >= 0.3 is 5.97 Å². The van der Waals surface area contributed by atoms with Crippen LogP contribution in [0.15, 0.2) is 46.6 Å². The third-order valence-electron chi connectivity index (χ3n) is 4.60. The fraction of sp³-hybridized carbons (Fsp3) is 0.300. The highest BCUT2D eigenvalue weighted by Gasteiger charge is 2.39. The van der Waals surface area contributed by atoms with Crippen molar-refractivity contribution in [2.24, 2.45) is 5.73 Å². The average Bonchev–Trinajstić information content (AvgIpc) is 2.61. The van der Waals surface area contributed by atoms with E-state index in [2.05, 4.69) is 0 Å². The molecule has 142 valence electrons. The Hall–Kier alpha value is -2.73. The monoisotopic (exact) mass is 388 g/mol. The zero-order chi connectivity index (χ0) is 19.7. The number of aryl methyl sites for hydroxylation is 1. The number of rotatable bonds is 4. The minimum absolute atomic E-state index is 0.0843. The minimum Gasteiger partial charge on any atom is -0.462 e. The Morgan fingerprint density at radius 1 is 1.33 bits per heavy atom. The van der Waals surface area contributed by atoms with Crippen LogP contribution in [-0.2, 0) is 16.1 Å². The molecule has 6 nitrogen and oxygen atoms in total. The first-order chi connectivity index (χ1) is 12.9. The standard InChI is InChI=1S/C20H21ClN2O4/c1-4-23-11(3)10-14-16(19(23)24)15(12-8-6-7-9-13(12)21)17(18(22)27-14)20(25)26-5-2/h6-10,15H,4-5,22H2,1-3H3/t15-/m0/s1. The van der Waals surface area contributed by atoms with E-state index in [0.29, 0.717) is 28.4 Å². The number of esters is 1. The van der Waals surface area contributed by atoms with E-state index >= 15 is 0 Å². The lowest BCUT2D eigenvalue weighted by molar-refractivity contribution is -0.139. The topological polar surface area (TPSA) is 83.5 Å². The molecule has 0 bridgehead atoms. The van der Waals surface area contributed by atoms with Crippen LogP contribution in [0.25, 0.3) is 0 Å². The summed E-state index contributed by atoms with van der Waals surface area (Å²) in [6.45, 7) is 6.06. The smallest absolute Gasteiger partial charge is 0.340 e. The lowest BCUT2D eigenvalue weighted by Gasteiger charge is -2.29. The molecule has 0 fully saturated rings. The van der Waals surface area contributed by atoms with Gasteiger partial charge in [0, 0.05) is 23.3 Å². The molecule has 0 radical (unpaired) electrons. The largest absolute Gasteiger partial charge is 0.462 e. The van der Waals surface area contributed by atoms with Gasteiger partial charge in [-0.25, -0.2) is 4.79 Å². The molecule has 2 N–H and O–H groups in total. The van der Waals surface area contributed by atoms with Crippen molar-refractivity contribution in [3.05, 3.63) is 74.0 Å². The Morgan fingerprint density at radius 2 is 2.04 bits per heavy atom. The zero-order valence-corrected chi connectivity index (χ0v) is 16.2. The van der Waals surface area contributed by atoms with E-state index in [4.69, 9.17) is 26.8 Å². The normalized spacial score (nSPS) is 15.9. The van der Waals surface area contributed by atoms with Crippen LogP contribution in [0.4, 0.5) is 0 Å². The molecule has 0 amide bonds. The molecule has 1 aromatic carbocycles. The molecule has 0 aliphatic carbocycles. The van der Waals surface area contributed by atoms with Crippen molar-refractivity contribution in [2.75, 3.05) is 6.61 Å². The maximum Gasteiger partial charge on any atom is 0.340 e. The summed E-state index contributed by atoms with van der Waals surface area (Å²) in [6.07, 6.45) is 0. The van der Waals surface area contributed by atoms with Gasteiger partial charge in [0.15, 0.2) is 0 Å². The molecule has 0 spiro atoms. The van der Waals surface area contributed by atoms with Crippen LogP contribution in [0, 0.1) is 6.92 Å². The van der Waals surface area contributed by atoms with Crippen molar-refractivity contribution in [3.63, 3.8) is 0 Å². The Bertz CT molecular complexity index is 994. The third-order valence-corrected chi connectivity index (χ3v) is 4.94. The summed E-state index contributed by atoms with van der Waals surface area (Å²) in [7, 11) is 0. The number of nitrogens with zero attached hydrogens (tertiary/aromatic N) is 1. The van der Waals surface area contributed by atoms with Crippen LogP contribution in [0.2, 0.25) is 5.02 Å². The zero-order valence-electron chi connectivity index (χ0n) is 15.4.